The fraction of sp³-hybridized carbons (Fsp3) is 0.462. The van der Waals surface area contributed by atoms with E-state index in [1.165, 1.54) is 6.07 Å². The third-order valence-corrected chi connectivity index (χ3v) is 3.04. The van der Waals surface area contributed by atoms with Crippen LogP contribution < -0.4 is 0 Å². The molecule has 0 radical (unpaired) electrons. The maximum atomic E-state index is 13.1. The molecule has 1 aromatic rings. The van der Waals surface area contributed by atoms with Crippen molar-refractivity contribution in [2.45, 2.75) is 26.0 Å². The summed E-state index contributed by atoms with van der Waals surface area (Å²) in [4.78, 5) is 13.8. The van der Waals surface area contributed by atoms with Gasteiger partial charge in [-0.15, -0.1) is 0 Å². The Hall–Kier alpha value is -1.49. The van der Waals surface area contributed by atoms with E-state index in [1.807, 2.05) is 13.8 Å². The van der Waals surface area contributed by atoms with Gasteiger partial charge in [0, 0.05) is 12.1 Å². The number of rotatable bonds is 1. The van der Waals surface area contributed by atoms with Crippen molar-refractivity contribution in [2.24, 2.45) is 0 Å². The van der Waals surface area contributed by atoms with Gasteiger partial charge in [0.1, 0.15) is 0 Å². The van der Waals surface area contributed by atoms with Crippen LogP contribution in [0.2, 0.25) is 0 Å². The number of carbonyl (C=O) groups excluding carboxylic acids is 1. The highest BCUT2D eigenvalue weighted by molar-refractivity contribution is 5.94. The van der Waals surface area contributed by atoms with E-state index < -0.39 is 11.6 Å². The molecule has 2 atom stereocenters. The molecule has 0 aliphatic carbocycles. The minimum Gasteiger partial charge on any atom is -0.375 e. The third-order valence-electron chi connectivity index (χ3n) is 3.04. The second-order valence-corrected chi connectivity index (χ2v) is 4.58. The number of halogens is 2. The van der Waals surface area contributed by atoms with Gasteiger partial charge in [0.15, 0.2) is 11.6 Å². The van der Waals surface area contributed by atoms with E-state index in [-0.39, 0.29) is 23.6 Å². The Morgan fingerprint density at radius 2 is 2.06 bits per heavy atom. The van der Waals surface area contributed by atoms with E-state index in [0.29, 0.717) is 13.2 Å². The average Bonchev–Trinajstić information content (AvgIpc) is 2.35. The Balaban J connectivity index is 2.21. The molecule has 5 heteroatoms. The van der Waals surface area contributed by atoms with Gasteiger partial charge in [-0.2, -0.15) is 0 Å². The minimum absolute atomic E-state index is 0.0459. The lowest BCUT2D eigenvalue weighted by Gasteiger charge is -2.36. The molecule has 1 aromatic carbocycles. The summed E-state index contributed by atoms with van der Waals surface area (Å²) in [6.45, 7) is 4.65. The first kappa shape index (κ1) is 13.0. The molecule has 0 bridgehead atoms. The Bertz CT molecular complexity index is 464. The van der Waals surface area contributed by atoms with Crippen molar-refractivity contribution >= 4 is 5.91 Å². The first-order valence-electron chi connectivity index (χ1n) is 5.86. The van der Waals surface area contributed by atoms with Crippen LogP contribution in [0.25, 0.3) is 0 Å². The Morgan fingerprint density at radius 3 is 2.72 bits per heavy atom. The maximum Gasteiger partial charge on any atom is 0.254 e. The summed E-state index contributed by atoms with van der Waals surface area (Å²) < 4.78 is 31.4. The zero-order chi connectivity index (χ0) is 13.3. The van der Waals surface area contributed by atoms with Crippen molar-refractivity contribution in [3.63, 3.8) is 0 Å². The van der Waals surface area contributed by atoms with Crippen molar-refractivity contribution in [3.8, 4) is 0 Å². The first-order valence-corrected chi connectivity index (χ1v) is 5.86. The van der Waals surface area contributed by atoms with Crippen molar-refractivity contribution in [3.05, 3.63) is 35.4 Å². The zero-order valence-electron chi connectivity index (χ0n) is 10.3. The highest BCUT2D eigenvalue weighted by Gasteiger charge is 2.28. The second-order valence-electron chi connectivity index (χ2n) is 4.58. The summed E-state index contributed by atoms with van der Waals surface area (Å²) in [5.41, 5.74) is 0.162. The largest absolute Gasteiger partial charge is 0.375 e. The highest BCUT2D eigenvalue weighted by atomic mass is 19.2. The first-order chi connectivity index (χ1) is 8.49. The number of amides is 1. The molecule has 2 rings (SSSR count). The fourth-order valence-corrected chi connectivity index (χ4v) is 1.98. The lowest BCUT2D eigenvalue weighted by Crippen LogP contribution is -2.50. The molecule has 0 spiro atoms. The van der Waals surface area contributed by atoms with Crippen LogP contribution in [0.15, 0.2) is 18.2 Å². The smallest absolute Gasteiger partial charge is 0.254 e. The van der Waals surface area contributed by atoms with Gasteiger partial charge in [-0.25, -0.2) is 8.78 Å². The number of benzene rings is 1. The molecule has 1 heterocycles. The van der Waals surface area contributed by atoms with Gasteiger partial charge < -0.3 is 9.64 Å². The van der Waals surface area contributed by atoms with Crippen LogP contribution in [0.3, 0.4) is 0 Å². The lowest BCUT2D eigenvalue weighted by atomic mass is 10.1. The number of carbonyl (C=O) groups is 1. The van der Waals surface area contributed by atoms with Crippen LogP contribution in [-0.2, 0) is 4.74 Å². The van der Waals surface area contributed by atoms with Gasteiger partial charge in [0.25, 0.3) is 5.91 Å². The van der Waals surface area contributed by atoms with Gasteiger partial charge in [-0.1, -0.05) is 0 Å². The summed E-state index contributed by atoms with van der Waals surface area (Å²) in [6.07, 6.45) is -0.0459. The molecular formula is C13H15F2NO2. The minimum atomic E-state index is -1.00. The fourth-order valence-electron chi connectivity index (χ4n) is 1.98. The number of morpholine rings is 1. The van der Waals surface area contributed by atoms with E-state index in [4.69, 9.17) is 4.74 Å². The summed E-state index contributed by atoms with van der Waals surface area (Å²) in [5, 5.41) is 0. The van der Waals surface area contributed by atoms with Gasteiger partial charge in [-0.05, 0) is 32.0 Å². The van der Waals surface area contributed by atoms with Gasteiger partial charge in [0.2, 0.25) is 0 Å². The van der Waals surface area contributed by atoms with Crippen LogP contribution in [-0.4, -0.2) is 36.1 Å². The van der Waals surface area contributed by atoms with Crippen LogP contribution >= 0.6 is 0 Å². The number of nitrogens with zero attached hydrogens (tertiary/aromatic N) is 1. The van der Waals surface area contributed by atoms with E-state index >= 15 is 0 Å². The number of hydrogen-bond donors (Lipinski definition) is 0. The van der Waals surface area contributed by atoms with E-state index in [2.05, 4.69) is 0 Å². The third kappa shape index (κ3) is 2.51. The van der Waals surface area contributed by atoms with Crippen molar-refractivity contribution in [2.75, 3.05) is 13.2 Å². The van der Waals surface area contributed by atoms with E-state index in [9.17, 15) is 13.6 Å². The van der Waals surface area contributed by atoms with Gasteiger partial charge >= 0.3 is 0 Å². The molecule has 1 aliphatic heterocycles. The van der Waals surface area contributed by atoms with E-state index in [0.717, 1.165) is 12.1 Å². The Labute approximate surface area is 104 Å². The lowest BCUT2D eigenvalue weighted by molar-refractivity contribution is -0.0387. The molecule has 1 amide bonds. The monoisotopic (exact) mass is 255 g/mol. The van der Waals surface area contributed by atoms with Crippen LogP contribution in [0, 0.1) is 11.6 Å². The Morgan fingerprint density at radius 1 is 1.33 bits per heavy atom. The Kier molecular flexibility index (Phi) is 3.61. The summed E-state index contributed by atoms with van der Waals surface area (Å²) in [7, 11) is 0. The maximum absolute atomic E-state index is 13.1. The van der Waals surface area contributed by atoms with Crippen LogP contribution in [0.4, 0.5) is 8.78 Å². The summed E-state index contributed by atoms with van der Waals surface area (Å²) >= 11 is 0. The molecule has 2 unspecified atom stereocenters. The molecule has 3 nitrogen and oxygen atoms in total. The molecular weight excluding hydrogens is 240 g/mol. The van der Waals surface area contributed by atoms with E-state index in [1.54, 1.807) is 4.90 Å². The van der Waals surface area contributed by atoms with Crippen molar-refractivity contribution in [1.82, 2.24) is 4.90 Å². The molecule has 0 saturated carbocycles. The average molecular weight is 255 g/mol. The van der Waals surface area contributed by atoms with Crippen LogP contribution in [0.1, 0.15) is 24.2 Å². The highest BCUT2D eigenvalue weighted by Crippen LogP contribution is 2.17. The van der Waals surface area contributed by atoms with Gasteiger partial charge in [0.05, 0.1) is 18.8 Å². The number of ether oxygens (including phenoxy) is 1. The molecule has 0 N–H and O–H groups in total. The van der Waals surface area contributed by atoms with Gasteiger partial charge in [-0.3, -0.25) is 4.79 Å². The van der Waals surface area contributed by atoms with Crippen molar-refractivity contribution in [1.29, 1.82) is 0 Å². The van der Waals surface area contributed by atoms with Crippen LogP contribution in [0.5, 0.6) is 0 Å². The molecule has 18 heavy (non-hydrogen) atoms. The number of hydrogen-bond acceptors (Lipinski definition) is 2. The topological polar surface area (TPSA) is 29.5 Å². The standard InChI is InChI=1S/C13H15F2NO2/c1-8-7-18-9(2)6-16(8)13(17)10-3-4-11(14)12(15)5-10/h3-5,8-9H,6-7H2,1-2H3. The molecule has 1 fully saturated rings. The second kappa shape index (κ2) is 5.02. The normalized spacial score (nSPS) is 24.1. The SMILES string of the molecule is CC1CN(C(=O)c2ccc(F)c(F)c2)C(C)CO1. The zero-order valence-corrected chi connectivity index (χ0v) is 10.3. The molecule has 98 valence electrons. The van der Waals surface area contributed by atoms with Crippen molar-refractivity contribution < 1.29 is 18.3 Å². The quantitative estimate of drug-likeness (QED) is 0.770. The molecule has 1 saturated heterocycles. The summed E-state index contributed by atoms with van der Waals surface area (Å²) in [6, 6.07) is 3.14. The molecule has 0 aromatic heterocycles. The summed E-state index contributed by atoms with van der Waals surface area (Å²) in [5.74, 6) is -2.25. The predicted molar refractivity (Wildman–Crippen MR) is 62.3 cm³/mol. The molecule has 1 aliphatic rings. The predicted octanol–water partition coefficient (Wildman–Crippen LogP) is 2.21.